The highest BCUT2D eigenvalue weighted by atomic mass is 16.5. The summed E-state index contributed by atoms with van der Waals surface area (Å²) >= 11 is 0. The Morgan fingerprint density at radius 2 is 2.00 bits per heavy atom. The minimum Gasteiger partial charge on any atom is -0.496 e. The first kappa shape index (κ1) is 17.6. The van der Waals surface area contributed by atoms with E-state index in [9.17, 15) is 0 Å². The minimum atomic E-state index is 0.121. The summed E-state index contributed by atoms with van der Waals surface area (Å²) in [5, 5.41) is 3.50. The summed E-state index contributed by atoms with van der Waals surface area (Å²) < 4.78 is 5.46. The molecule has 0 aromatic heterocycles. The Kier molecular flexibility index (Phi) is 4.92. The van der Waals surface area contributed by atoms with Crippen molar-refractivity contribution in [2.75, 3.05) is 27.2 Å². The van der Waals surface area contributed by atoms with Crippen LogP contribution >= 0.6 is 0 Å². The summed E-state index contributed by atoms with van der Waals surface area (Å²) in [6.45, 7) is 13.2. The second kappa shape index (κ2) is 6.42. The molecule has 1 heterocycles. The number of methoxy groups -OCH3 is 1. The molecule has 1 saturated heterocycles. The zero-order chi connectivity index (χ0) is 17.3. The lowest BCUT2D eigenvalue weighted by atomic mass is 9.65. The predicted octanol–water partition coefficient (Wildman–Crippen LogP) is 3.24. The Morgan fingerprint density at radius 1 is 1.30 bits per heavy atom. The number of hydrogen-bond acceptors (Lipinski definition) is 2. The van der Waals surface area contributed by atoms with Crippen LogP contribution in [0.4, 0.5) is 0 Å². The summed E-state index contributed by atoms with van der Waals surface area (Å²) in [4.78, 5) is 6.82. The zero-order valence-corrected chi connectivity index (χ0v) is 15.7. The van der Waals surface area contributed by atoms with Crippen LogP contribution in [0.1, 0.15) is 38.8 Å². The van der Waals surface area contributed by atoms with Crippen molar-refractivity contribution in [1.29, 1.82) is 0 Å². The van der Waals surface area contributed by atoms with Gasteiger partial charge in [0.05, 0.1) is 7.11 Å². The highest BCUT2D eigenvalue weighted by Crippen LogP contribution is 2.46. The van der Waals surface area contributed by atoms with Gasteiger partial charge in [0.15, 0.2) is 5.96 Å². The van der Waals surface area contributed by atoms with Crippen LogP contribution in [0.25, 0.3) is 0 Å². The lowest BCUT2D eigenvalue weighted by Crippen LogP contribution is -2.72. The van der Waals surface area contributed by atoms with Gasteiger partial charge >= 0.3 is 0 Å². The Hall–Kier alpha value is -1.71. The summed E-state index contributed by atoms with van der Waals surface area (Å²) in [5.74, 6) is 1.94. The summed E-state index contributed by atoms with van der Waals surface area (Å²) in [6, 6.07) is 6.32. The normalized spacial score (nSPS) is 19.3. The van der Waals surface area contributed by atoms with E-state index < -0.39 is 0 Å². The van der Waals surface area contributed by atoms with Crippen LogP contribution in [0.2, 0.25) is 0 Å². The minimum absolute atomic E-state index is 0.121. The molecule has 23 heavy (non-hydrogen) atoms. The summed E-state index contributed by atoms with van der Waals surface area (Å²) in [5.41, 5.74) is 2.93. The van der Waals surface area contributed by atoms with E-state index in [-0.39, 0.29) is 5.54 Å². The third-order valence-electron chi connectivity index (χ3n) is 5.47. The van der Waals surface area contributed by atoms with Crippen molar-refractivity contribution in [3.63, 3.8) is 0 Å². The number of hydrogen-bond donors (Lipinski definition) is 1. The number of nitrogens with zero attached hydrogens (tertiary/aromatic N) is 2. The molecule has 0 atom stereocenters. The van der Waals surface area contributed by atoms with Gasteiger partial charge in [0.1, 0.15) is 5.75 Å². The molecule has 1 aliphatic rings. The lowest BCUT2D eigenvalue weighted by Gasteiger charge is -2.62. The van der Waals surface area contributed by atoms with Gasteiger partial charge < -0.3 is 15.0 Å². The van der Waals surface area contributed by atoms with Crippen molar-refractivity contribution >= 4 is 5.96 Å². The molecule has 4 nitrogen and oxygen atoms in total. The van der Waals surface area contributed by atoms with Gasteiger partial charge in [0.25, 0.3) is 0 Å². The van der Waals surface area contributed by atoms with E-state index in [0.717, 1.165) is 31.2 Å². The SMILES string of the molecule is CN=C(NCCc1cc(C)ccc1OC)N1CC(C)(C)C1(C)C. The predicted molar refractivity (Wildman–Crippen MR) is 97.4 cm³/mol. The van der Waals surface area contributed by atoms with Crippen LogP contribution in [0, 0.1) is 12.3 Å². The molecule has 0 bridgehead atoms. The van der Waals surface area contributed by atoms with Gasteiger partial charge in [0, 0.05) is 31.1 Å². The Balaban J connectivity index is 1.97. The van der Waals surface area contributed by atoms with E-state index in [0.29, 0.717) is 5.41 Å². The largest absolute Gasteiger partial charge is 0.496 e. The third kappa shape index (κ3) is 3.31. The molecular weight excluding hydrogens is 286 g/mol. The molecule has 1 N–H and O–H groups in total. The number of nitrogens with one attached hydrogen (secondary N) is 1. The molecule has 4 heteroatoms. The number of rotatable bonds is 4. The van der Waals surface area contributed by atoms with Crippen molar-refractivity contribution in [2.45, 2.75) is 46.6 Å². The average molecular weight is 317 g/mol. The van der Waals surface area contributed by atoms with Gasteiger partial charge in [-0.3, -0.25) is 4.99 Å². The first-order valence-electron chi connectivity index (χ1n) is 8.35. The molecule has 1 aromatic carbocycles. The van der Waals surface area contributed by atoms with E-state index in [1.165, 1.54) is 11.1 Å². The van der Waals surface area contributed by atoms with Gasteiger partial charge in [0.2, 0.25) is 0 Å². The second-order valence-corrected chi connectivity index (χ2v) is 7.57. The summed E-state index contributed by atoms with van der Waals surface area (Å²) in [7, 11) is 3.59. The van der Waals surface area contributed by atoms with E-state index in [4.69, 9.17) is 4.74 Å². The molecule has 1 fully saturated rings. The molecule has 0 aliphatic carbocycles. The highest BCUT2D eigenvalue weighted by molar-refractivity contribution is 5.82. The van der Waals surface area contributed by atoms with Crippen LogP contribution in [-0.2, 0) is 6.42 Å². The topological polar surface area (TPSA) is 36.9 Å². The Morgan fingerprint density at radius 3 is 2.52 bits per heavy atom. The van der Waals surface area contributed by atoms with Crippen molar-refractivity contribution in [1.82, 2.24) is 10.2 Å². The summed E-state index contributed by atoms with van der Waals surface area (Å²) in [6.07, 6.45) is 0.918. The third-order valence-corrected chi connectivity index (χ3v) is 5.47. The number of aliphatic imine (C=N–C) groups is 1. The molecule has 0 radical (unpaired) electrons. The standard InChI is InChI=1S/C19H31N3O/c1-14-8-9-16(23-7)15(12-14)10-11-21-17(20-6)22-13-18(2,3)19(22,4)5/h8-9,12H,10-11,13H2,1-7H3,(H,20,21). The molecule has 1 aromatic rings. The molecule has 0 saturated carbocycles. The van der Waals surface area contributed by atoms with Crippen molar-refractivity contribution in [3.8, 4) is 5.75 Å². The monoisotopic (exact) mass is 317 g/mol. The zero-order valence-electron chi connectivity index (χ0n) is 15.7. The average Bonchev–Trinajstić information content (AvgIpc) is 2.50. The number of aryl methyl sites for hydroxylation is 1. The fourth-order valence-electron chi connectivity index (χ4n) is 3.11. The first-order valence-corrected chi connectivity index (χ1v) is 8.35. The van der Waals surface area contributed by atoms with E-state index in [1.807, 2.05) is 13.1 Å². The van der Waals surface area contributed by atoms with E-state index >= 15 is 0 Å². The van der Waals surface area contributed by atoms with Gasteiger partial charge in [-0.1, -0.05) is 31.5 Å². The highest BCUT2D eigenvalue weighted by Gasteiger charge is 2.53. The molecule has 128 valence electrons. The molecule has 0 unspecified atom stereocenters. The van der Waals surface area contributed by atoms with Crippen LogP contribution in [0.5, 0.6) is 5.75 Å². The molecule has 0 spiro atoms. The van der Waals surface area contributed by atoms with Crippen LogP contribution in [0.15, 0.2) is 23.2 Å². The van der Waals surface area contributed by atoms with Crippen LogP contribution in [0.3, 0.4) is 0 Å². The van der Waals surface area contributed by atoms with Gasteiger partial charge in [-0.25, -0.2) is 0 Å². The maximum atomic E-state index is 5.46. The number of ether oxygens (including phenoxy) is 1. The lowest BCUT2D eigenvalue weighted by molar-refractivity contribution is -0.0666. The smallest absolute Gasteiger partial charge is 0.194 e. The van der Waals surface area contributed by atoms with E-state index in [2.05, 4.69) is 62.0 Å². The quantitative estimate of drug-likeness (QED) is 0.684. The van der Waals surface area contributed by atoms with Crippen LogP contribution < -0.4 is 10.1 Å². The van der Waals surface area contributed by atoms with Crippen molar-refractivity contribution in [2.24, 2.45) is 10.4 Å². The Labute approximate surface area is 140 Å². The van der Waals surface area contributed by atoms with E-state index in [1.54, 1.807) is 7.11 Å². The maximum absolute atomic E-state index is 5.46. The molecule has 1 aliphatic heterocycles. The number of benzene rings is 1. The molecule has 2 rings (SSSR count). The van der Waals surface area contributed by atoms with Crippen molar-refractivity contribution < 1.29 is 4.74 Å². The molecular formula is C19H31N3O. The Bertz CT molecular complexity index is 590. The second-order valence-electron chi connectivity index (χ2n) is 7.57. The van der Waals surface area contributed by atoms with Crippen LogP contribution in [-0.4, -0.2) is 43.6 Å². The number of likely N-dealkylation sites (tertiary alicyclic amines) is 1. The van der Waals surface area contributed by atoms with Gasteiger partial charge in [-0.15, -0.1) is 0 Å². The van der Waals surface area contributed by atoms with Gasteiger partial charge in [-0.05, 0) is 38.8 Å². The fourth-order valence-corrected chi connectivity index (χ4v) is 3.11. The fraction of sp³-hybridized carbons (Fsp3) is 0.632. The maximum Gasteiger partial charge on any atom is 0.194 e. The first-order chi connectivity index (χ1) is 10.7. The van der Waals surface area contributed by atoms with Crippen molar-refractivity contribution in [3.05, 3.63) is 29.3 Å². The molecule has 0 amide bonds. The van der Waals surface area contributed by atoms with Gasteiger partial charge in [-0.2, -0.15) is 0 Å². The number of guanidine groups is 1.